The Labute approximate surface area is 183 Å². The number of non-ortho nitro benzene ring substituents is 2. The van der Waals surface area contributed by atoms with Gasteiger partial charge in [0.15, 0.2) is 11.6 Å². The number of piperidine rings is 1. The van der Waals surface area contributed by atoms with Crippen LogP contribution in [-0.4, -0.2) is 70.1 Å². The van der Waals surface area contributed by atoms with Crippen molar-refractivity contribution in [3.8, 4) is 0 Å². The molecule has 168 valence electrons. The summed E-state index contributed by atoms with van der Waals surface area (Å²) in [6.45, 7) is 3.74. The van der Waals surface area contributed by atoms with Gasteiger partial charge in [-0.1, -0.05) is 0 Å². The number of nitro benzene ring substituents is 2. The van der Waals surface area contributed by atoms with Gasteiger partial charge in [0.05, 0.1) is 21.5 Å². The van der Waals surface area contributed by atoms with Crippen molar-refractivity contribution in [2.45, 2.75) is 19.3 Å². The number of aromatic nitrogens is 2. The van der Waals surface area contributed by atoms with Crippen molar-refractivity contribution in [3.63, 3.8) is 0 Å². The molecule has 12 heteroatoms. The lowest BCUT2D eigenvalue weighted by Gasteiger charge is -2.35. The van der Waals surface area contributed by atoms with Crippen molar-refractivity contribution in [3.05, 3.63) is 56.1 Å². The van der Waals surface area contributed by atoms with E-state index in [1.807, 2.05) is 17.0 Å². The van der Waals surface area contributed by atoms with Crippen LogP contribution < -0.4 is 9.80 Å². The molecule has 0 bridgehead atoms. The van der Waals surface area contributed by atoms with Crippen LogP contribution in [0.5, 0.6) is 0 Å². The number of anilines is 2. The number of carbonyl (C=O) groups excluding carboxylic acids is 1. The van der Waals surface area contributed by atoms with Crippen molar-refractivity contribution in [2.24, 2.45) is 0 Å². The number of amides is 1. The number of rotatable bonds is 5. The van der Waals surface area contributed by atoms with E-state index in [1.165, 1.54) is 11.3 Å². The monoisotopic (exact) mass is 441 g/mol. The average molecular weight is 441 g/mol. The van der Waals surface area contributed by atoms with Gasteiger partial charge in [0, 0.05) is 51.4 Å². The minimum Gasteiger partial charge on any atom is -0.355 e. The Balaban J connectivity index is 1.41. The second kappa shape index (κ2) is 9.12. The summed E-state index contributed by atoms with van der Waals surface area (Å²) in [5, 5.41) is 30.9. The predicted molar refractivity (Wildman–Crippen MR) is 116 cm³/mol. The number of nitrogens with zero attached hydrogens (tertiary/aromatic N) is 7. The molecule has 2 aliphatic rings. The maximum atomic E-state index is 12.8. The zero-order chi connectivity index (χ0) is 22.7. The number of benzene rings is 1. The molecule has 0 radical (unpaired) electrons. The van der Waals surface area contributed by atoms with E-state index < -0.39 is 27.1 Å². The van der Waals surface area contributed by atoms with E-state index in [4.69, 9.17) is 0 Å². The first-order valence-corrected chi connectivity index (χ1v) is 10.5. The third kappa shape index (κ3) is 4.58. The molecule has 0 aliphatic carbocycles. The summed E-state index contributed by atoms with van der Waals surface area (Å²) in [6.07, 6.45) is 3.56. The van der Waals surface area contributed by atoms with E-state index in [0.29, 0.717) is 26.2 Å². The van der Waals surface area contributed by atoms with E-state index in [0.717, 1.165) is 55.8 Å². The molecule has 3 heterocycles. The lowest BCUT2D eigenvalue weighted by molar-refractivity contribution is -0.394. The fraction of sp³-hybridized carbons (Fsp3) is 0.450. The van der Waals surface area contributed by atoms with Crippen LogP contribution in [0.2, 0.25) is 0 Å². The van der Waals surface area contributed by atoms with Crippen LogP contribution >= 0.6 is 0 Å². The van der Waals surface area contributed by atoms with Crippen molar-refractivity contribution in [1.29, 1.82) is 0 Å². The van der Waals surface area contributed by atoms with Gasteiger partial charge in [-0.25, -0.2) is 0 Å². The van der Waals surface area contributed by atoms with E-state index in [1.54, 1.807) is 0 Å². The molecule has 2 aromatic rings. The van der Waals surface area contributed by atoms with E-state index in [2.05, 4.69) is 15.1 Å². The standard InChI is InChI=1S/C20H23N7O5/c28-20(15-12-16(26(29)30)14-17(13-15)27(31)32)25-10-8-24(9-11-25)19-5-4-18(21-22-19)23-6-2-1-3-7-23/h4-5,12-14H,1-3,6-11H2. The van der Waals surface area contributed by atoms with Crippen molar-refractivity contribution in [2.75, 3.05) is 49.1 Å². The van der Waals surface area contributed by atoms with Gasteiger partial charge in [-0.05, 0) is 31.4 Å². The smallest absolute Gasteiger partial charge is 0.277 e. The Hall–Kier alpha value is -3.83. The molecule has 0 atom stereocenters. The molecule has 1 aromatic heterocycles. The molecule has 2 saturated heterocycles. The number of carbonyl (C=O) groups is 1. The minimum absolute atomic E-state index is 0.0648. The summed E-state index contributed by atoms with van der Waals surface area (Å²) in [4.78, 5) is 39.3. The first-order chi connectivity index (χ1) is 15.4. The lowest BCUT2D eigenvalue weighted by Crippen LogP contribution is -2.49. The largest absolute Gasteiger partial charge is 0.355 e. The first kappa shape index (κ1) is 21.4. The van der Waals surface area contributed by atoms with Gasteiger partial charge in [-0.3, -0.25) is 25.0 Å². The molecule has 1 amide bonds. The highest BCUT2D eigenvalue weighted by molar-refractivity contribution is 5.95. The van der Waals surface area contributed by atoms with Crippen molar-refractivity contribution >= 4 is 28.9 Å². The summed E-state index contributed by atoms with van der Waals surface area (Å²) >= 11 is 0. The fourth-order valence-electron chi connectivity index (χ4n) is 4.03. The van der Waals surface area contributed by atoms with Crippen LogP contribution in [-0.2, 0) is 0 Å². The van der Waals surface area contributed by atoms with Gasteiger partial charge in [0.2, 0.25) is 0 Å². The zero-order valence-corrected chi connectivity index (χ0v) is 17.4. The summed E-state index contributed by atoms with van der Waals surface area (Å²) in [5.41, 5.74) is -1.03. The number of nitro groups is 2. The Kier molecular flexibility index (Phi) is 6.10. The normalized spacial score (nSPS) is 16.7. The number of hydrogen-bond acceptors (Lipinski definition) is 9. The fourth-order valence-corrected chi connectivity index (χ4v) is 4.03. The number of hydrogen-bond donors (Lipinski definition) is 0. The first-order valence-electron chi connectivity index (χ1n) is 10.5. The van der Waals surface area contributed by atoms with Crippen LogP contribution in [0.1, 0.15) is 29.6 Å². The lowest BCUT2D eigenvalue weighted by atomic mass is 10.1. The molecule has 32 heavy (non-hydrogen) atoms. The van der Waals surface area contributed by atoms with Crippen molar-refractivity contribution in [1.82, 2.24) is 15.1 Å². The van der Waals surface area contributed by atoms with Crippen LogP contribution in [0, 0.1) is 20.2 Å². The van der Waals surface area contributed by atoms with Gasteiger partial charge >= 0.3 is 0 Å². The van der Waals surface area contributed by atoms with Crippen LogP contribution in [0.3, 0.4) is 0 Å². The third-order valence-electron chi connectivity index (χ3n) is 5.78. The molecular weight excluding hydrogens is 418 g/mol. The molecule has 12 nitrogen and oxygen atoms in total. The topological polar surface area (TPSA) is 139 Å². The Morgan fingerprint density at radius 3 is 1.72 bits per heavy atom. The van der Waals surface area contributed by atoms with Crippen molar-refractivity contribution < 1.29 is 14.6 Å². The Bertz CT molecular complexity index is 983. The second-order valence-electron chi connectivity index (χ2n) is 7.83. The Morgan fingerprint density at radius 2 is 1.25 bits per heavy atom. The van der Waals surface area contributed by atoms with E-state index >= 15 is 0 Å². The highest BCUT2D eigenvalue weighted by Crippen LogP contribution is 2.25. The summed E-state index contributed by atoms with van der Waals surface area (Å²) in [7, 11) is 0. The third-order valence-corrected chi connectivity index (χ3v) is 5.78. The minimum atomic E-state index is -0.742. The predicted octanol–water partition coefficient (Wildman–Crippen LogP) is 2.25. The molecule has 0 spiro atoms. The Morgan fingerprint density at radius 1 is 0.750 bits per heavy atom. The molecule has 2 fully saturated rings. The van der Waals surface area contributed by atoms with Gasteiger partial charge < -0.3 is 14.7 Å². The summed E-state index contributed by atoms with van der Waals surface area (Å²) < 4.78 is 0. The summed E-state index contributed by atoms with van der Waals surface area (Å²) in [6, 6.07) is 6.89. The number of piperazine rings is 1. The molecule has 4 rings (SSSR count). The van der Waals surface area contributed by atoms with Gasteiger partial charge in [-0.2, -0.15) is 0 Å². The molecule has 0 saturated carbocycles. The molecular formula is C20H23N7O5. The van der Waals surface area contributed by atoms with E-state index in [9.17, 15) is 25.0 Å². The second-order valence-corrected chi connectivity index (χ2v) is 7.83. The van der Waals surface area contributed by atoms with Crippen LogP contribution in [0.4, 0.5) is 23.0 Å². The zero-order valence-electron chi connectivity index (χ0n) is 17.4. The quantitative estimate of drug-likeness (QED) is 0.505. The maximum Gasteiger partial charge on any atom is 0.277 e. The van der Waals surface area contributed by atoms with Gasteiger partial charge in [-0.15, -0.1) is 10.2 Å². The van der Waals surface area contributed by atoms with Gasteiger partial charge in [0.25, 0.3) is 17.3 Å². The molecule has 1 aromatic carbocycles. The highest BCUT2D eigenvalue weighted by atomic mass is 16.6. The molecule has 0 unspecified atom stereocenters. The van der Waals surface area contributed by atoms with Gasteiger partial charge in [0.1, 0.15) is 0 Å². The molecule has 2 aliphatic heterocycles. The summed E-state index contributed by atoms with van der Waals surface area (Å²) in [5.74, 6) is 1.13. The highest BCUT2D eigenvalue weighted by Gasteiger charge is 2.26. The average Bonchev–Trinajstić information content (AvgIpc) is 2.84. The maximum absolute atomic E-state index is 12.8. The molecule has 0 N–H and O–H groups in total. The van der Waals surface area contributed by atoms with E-state index in [-0.39, 0.29) is 5.56 Å². The SMILES string of the molecule is O=C(c1cc([N+](=O)[O-])cc([N+](=O)[O-])c1)N1CCN(c2ccc(N3CCCCC3)nn2)CC1. The van der Waals surface area contributed by atoms with Crippen LogP contribution in [0.15, 0.2) is 30.3 Å². The van der Waals surface area contributed by atoms with Crippen LogP contribution in [0.25, 0.3) is 0 Å².